The summed E-state index contributed by atoms with van der Waals surface area (Å²) in [6, 6.07) is 17.4. The van der Waals surface area contributed by atoms with Gasteiger partial charge in [-0.15, -0.1) is 0 Å². The minimum atomic E-state index is 0.603. The Labute approximate surface area is 193 Å². The Bertz CT molecular complexity index is 864. The molecule has 0 aromatic heterocycles. The number of likely N-dealkylation sites (N-methyl/N-ethyl adjacent to an activating group) is 1. The van der Waals surface area contributed by atoms with Crippen LogP contribution in [0.25, 0.3) is 0 Å². The van der Waals surface area contributed by atoms with Crippen LogP contribution >= 0.6 is 0 Å². The van der Waals surface area contributed by atoms with Gasteiger partial charge in [0.25, 0.3) is 0 Å². The quantitative estimate of drug-likeness (QED) is 0.478. The number of nitrogens with one attached hydrogen (secondary N) is 1. The van der Waals surface area contributed by atoms with Crippen LogP contribution in [0, 0.1) is 6.92 Å². The van der Waals surface area contributed by atoms with Crippen LogP contribution < -0.4 is 10.1 Å². The lowest BCUT2D eigenvalue weighted by molar-refractivity contribution is 0.0392. The Hall–Kier alpha value is -2.57. The summed E-state index contributed by atoms with van der Waals surface area (Å²) < 4.78 is 11.5. The fourth-order valence-corrected chi connectivity index (χ4v) is 4.04. The summed E-state index contributed by atoms with van der Waals surface area (Å²) in [4.78, 5) is 8.99. The summed E-state index contributed by atoms with van der Waals surface area (Å²) in [7, 11) is 6.07. The van der Waals surface area contributed by atoms with E-state index < -0.39 is 0 Å². The highest BCUT2D eigenvalue weighted by molar-refractivity contribution is 5.79. The highest BCUT2D eigenvalue weighted by Gasteiger charge is 2.18. The molecule has 32 heavy (non-hydrogen) atoms. The zero-order valence-electron chi connectivity index (χ0n) is 20.0. The van der Waals surface area contributed by atoms with Crippen LogP contribution in [-0.4, -0.2) is 69.3 Å². The molecule has 2 aromatic carbocycles. The van der Waals surface area contributed by atoms with Crippen LogP contribution in [0.15, 0.2) is 53.5 Å². The van der Waals surface area contributed by atoms with Gasteiger partial charge in [-0.1, -0.05) is 36.4 Å². The third-order valence-electron chi connectivity index (χ3n) is 6.12. The zero-order valence-corrected chi connectivity index (χ0v) is 20.0. The van der Waals surface area contributed by atoms with Crippen LogP contribution in [0.2, 0.25) is 0 Å². The molecule has 174 valence electrons. The van der Waals surface area contributed by atoms with Crippen molar-refractivity contribution in [2.75, 3.05) is 47.5 Å². The van der Waals surface area contributed by atoms with Crippen LogP contribution in [-0.2, 0) is 17.8 Å². The SMILES string of the molecule is CN=C(NCc1cccc(OCCN(C)C2CCOCC2)c1)N(C)Cc1ccccc1C. The molecule has 6 nitrogen and oxygen atoms in total. The van der Waals surface area contributed by atoms with Crippen LogP contribution in [0.4, 0.5) is 0 Å². The van der Waals surface area contributed by atoms with Gasteiger partial charge in [0.2, 0.25) is 0 Å². The van der Waals surface area contributed by atoms with E-state index in [1.165, 1.54) is 16.7 Å². The number of guanidine groups is 1. The second kappa shape index (κ2) is 12.5. The second-order valence-corrected chi connectivity index (χ2v) is 8.50. The maximum atomic E-state index is 6.04. The minimum Gasteiger partial charge on any atom is -0.492 e. The van der Waals surface area contributed by atoms with E-state index in [1.54, 1.807) is 0 Å². The highest BCUT2D eigenvalue weighted by atomic mass is 16.5. The maximum absolute atomic E-state index is 6.04. The first-order valence-electron chi connectivity index (χ1n) is 11.5. The molecule has 1 N–H and O–H groups in total. The largest absolute Gasteiger partial charge is 0.492 e. The average Bonchev–Trinajstić information content (AvgIpc) is 2.82. The van der Waals surface area contributed by atoms with Crippen molar-refractivity contribution in [3.05, 3.63) is 65.2 Å². The zero-order chi connectivity index (χ0) is 22.8. The molecule has 1 aliphatic rings. The fourth-order valence-electron chi connectivity index (χ4n) is 4.04. The summed E-state index contributed by atoms with van der Waals surface area (Å²) in [6.45, 7) is 7.00. The molecule has 0 radical (unpaired) electrons. The molecule has 0 amide bonds. The Morgan fingerprint density at radius 2 is 1.91 bits per heavy atom. The van der Waals surface area contributed by atoms with Gasteiger partial charge < -0.3 is 19.7 Å². The highest BCUT2D eigenvalue weighted by Crippen LogP contribution is 2.15. The van der Waals surface area contributed by atoms with E-state index in [2.05, 4.69) is 77.5 Å². The lowest BCUT2D eigenvalue weighted by Gasteiger charge is -2.31. The van der Waals surface area contributed by atoms with Gasteiger partial charge in [0.05, 0.1) is 0 Å². The number of nitrogens with zero attached hydrogens (tertiary/aromatic N) is 3. The Morgan fingerprint density at radius 1 is 1.12 bits per heavy atom. The van der Waals surface area contributed by atoms with Crippen molar-refractivity contribution < 1.29 is 9.47 Å². The normalized spacial score (nSPS) is 15.1. The number of aliphatic imine (C=N–C) groups is 1. The predicted octanol–water partition coefficient (Wildman–Crippen LogP) is 3.69. The van der Waals surface area contributed by atoms with Gasteiger partial charge in [0.1, 0.15) is 12.4 Å². The summed E-state index contributed by atoms with van der Waals surface area (Å²) in [5, 5.41) is 3.47. The van der Waals surface area contributed by atoms with Crippen molar-refractivity contribution in [3.63, 3.8) is 0 Å². The standard InChI is InChI=1S/C26H38N4O2/c1-21-8-5-6-10-23(21)20-30(4)26(27-2)28-19-22-9-7-11-25(18-22)32-17-14-29(3)24-12-15-31-16-13-24/h5-11,18,24H,12-17,19-20H2,1-4H3,(H,27,28). The van der Waals surface area contributed by atoms with Gasteiger partial charge in [-0.2, -0.15) is 0 Å². The number of rotatable bonds is 9. The molecular formula is C26H38N4O2. The van der Waals surface area contributed by atoms with Gasteiger partial charge in [-0.25, -0.2) is 0 Å². The van der Waals surface area contributed by atoms with E-state index in [9.17, 15) is 0 Å². The van der Waals surface area contributed by atoms with Gasteiger partial charge in [-0.05, 0) is 55.6 Å². The van der Waals surface area contributed by atoms with E-state index >= 15 is 0 Å². The van der Waals surface area contributed by atoms with E-state index in [1.807, 2.05) is 19.2 Å². The lowest BCUT2D eigenvalue weighted by atomic mass is 10.1. The molecule has 0 unspecified atom stereocenters. The molecule has 6 heteroatoms. The van der Waals surface area contributed by atoms with E-state index in [0.29, 0.717) is 19.2 Å². The predicted molar refractivity (Wildman–Crippen MR) is 131 cm³/mol. The molecule has 0 spiro atoms. The Kier molecular flexibility index (Phi) is 9.38. The summed E-state index contributed by atoms with van der Waals surface area (Å²) in [5.41, 5.74) is 3.77. The van der Waals surface area contributed by atoms with Crippen molar-refractivity contribution in [3.8, 4) is 5.75 Å². The maximum Gasteiger partial charge on any atom is 0.193 e. The van der Waals surface area contributed by atoms with Crippen LogP contribution in [0.1, 0.15) is 29.5 Å². The van der Waals surface area contributed by atoms with Gasteiger partial charge in [-0.3, -0.25) is 9.89 Å². The smallest absolute Gasteiger partial charge is 0.193 e. The molecule has 1 fully saturated rings. The van der Waals surface area contributed by atoms with E-state index in [0.717, 1.165) is 50.9 Å². The second-order valence-electron chi connectivity index (χ2n) is 8.50. The average molecular weight is 439 g/mol. The number of hydrogen-bond donors (Lipinski definition) is 1. The molecule has 0 aliphatic carbocycles. The first-order chi connectivity index (χ1) is 15.6. The first kappa shape index (κ1) is 24.1. The topological polar surface area (TPSA) is 49.3 Å². The molecule has 2 aromatic rings. The first-order valence-corrected chi connectivity index (χ1v) is 11.5. The molecule has 1 aliphatic heterocycles. The van der Waals surface area contributed by atoms with Gasteiger partial charge >= 0.3 is 0 Å². The molecule has 1 saturated heterocycles. The molecule has 0 bridgehead atoms. The molecule has 3 rings (SSSR count). The van der Waals surface area contributed by atoms with Crippen molar-refractivity contribution in [1.82, 2.24) is 15.1 Å². The molecule has 0 saturated carbocycles. The van der Waals surface area contributed by atoms with Gasteiger partial charge in [0, 0.05) is 53.0 Å². The number of aryl methyl sites for hydroxylation is 1. The van der Waals surface area contributed by atoms with Crippen molar-refractivity contribution in [1.29, 1.82) is 0 Å². The summed E-state index contributed by atoms with van der Waals surface area (Å²) >= 11 is 0. The number of hydrogen-bond acceptors (Lipinski definition) is 4. The van der Waals surface area contributed by atoms with Crippen molar-refractivity contribution in [2.24, 2.45) is 4.99 Å². The summed E-state index contributed by atoms with van der Waals surface area (Å²) in [5.74, 6) is 1.78. The molecule has 0 atom stereocenters. The third kappa shape index (κ3) is 7.24. The minimum absolute atomic E-state index is 0.603. The van der Waals surface area contributed by atoms with E-state index in [-0.39, 0.29) is 0 Å². The van der Waals surface area contributed by atoms with Crippen molar-refractivity contribution >= 4 is 5.96 Å². The third-order valence-corrected chi connectivity index (χ3v) is 6.12. The van der Waals surface area contributed by atoms with Crippen LogP contribution in [0.3, 0.4) is 0 Å². The molecular weight excluding hydrogens is 400 g/mol. The Morgan fingerprint density at radius 3 is 2.66 bits per heavy atom. The number of ether oxygens (including phenoxy) is 2. The fraction of sp³-hybridized carbons (Fsp3) is 0.500. The summed E-state index contributed by atoms with van der Waals surface area (Å²) in [6.07, 6.45) is 2.22. The monoisotopic (exact) mass is 438 g/mol. The van der Waals surface area contributed by atoms with Gasteiger partial charge in [0.15, 0.2) is 5.96 Å². The Balaban J connectivity index is 1.46. The molecule has 1 heterocycles. The lowest BCUT2D eigenvalue weighted by Crippen LogP contribution is -2.38. The van der Waals surface area contributed by atoms with Crippen molar-refractivity contribution in [2.45, 2.75) is 38.9 Å². The van der Waals surface area contributed by atoms with E-state index in [4.69, 9.17) is 9.47 Å². The number of benzene rings is 2. The van der Waals surface area contributed by atoms with Crippen LogP contribution in [0.5, 0.6) is 5.75 Å².